The summed E-state index contributed by atoms with van der Waals surface area (Å²) < 4.78 is 0. The quantitative estimate of drug-likeness (QED) is 0.844. The van der Waals surface area contributed by atoms with Crippen molar-refractivity contribution in [2.45, 2.75) is 45.3 Å². The molecule has 0 amide bonds. The predicted molar refractivity (Wildman–Crippen MR) is 67.7 cm³/mol. The first-order valence-electron chi connectivity index (χ1n) is 6.27. The first kappa shape index (κ1) is 11.5. The Labute approximate surface area is 97.9 Å². The maximum absolute atomic E-state index is 9.72. The van der Waals surface area contributed by atoms with Crippen molar-refractivity contribution in [2.75, 3.05) is 11.4 Å². The lowest BCUT2D eigenvalue weighted by Gasteiger charge is -2.24. The van der Waals surface area contributed by atoms with Crippen LogP contribution < -0.4 is 4.90 Å². The molecule has 1 aromatic rings. The van der Waals surface area contributed by atoms with Gasteiger partial charge in [-0.25, -0.2) is 0 Å². The molecule has 1 aliphatic heterocycles. The zero-order valence-corrected chi connectivity index (χ0v) is 10.2. The molecule has 1 heterocycles. The second-order valence-corrected chi connectivity index (χ2v) is 4.70. The van der Waals surface area contributed by atoms with Crippen LogP contribution in [-0.2, 0) is 0 Å². The second-order valence-electron chi connectivity index (χ2n) is 4.70. The molecule has 1 N–H and O–H groups in total. The van der Waals surface area contributed by atoms with E-state index in [-0.39, 0.29) is 6.10 Å². The maximum Gasteiger partial charge on any atom is 0.0787 e. The van der Waals surface area contributed by atoms with Gasteiger partial charge >= 0.3 is 0 Å². The minimum absolute atomic E-state index is 0.315. The van der Waals surface area contributed by atoms with Crippen molar-refractivity contribution in [3.05, 3.63) is 29.8 Å². The first-order chi connectivity index (χ1) is 7.72. The van der Waals surface area contributed by atoms with Crippen LogP contribution in [0.4, 0.5) is 5.69 Å². The summed E-state index contributed by atoms with van der Waals surface area (Å²) in [6.45, 7) is 5.44. The molecule has 1 saturated heterocycles. The molecule has 88 valence electrons. The minimum Gasteiger partial charge on any atom is -0.388 e. The van der Waals surface area contributed by atoms with Gasteiger partial charge in [0.1, 0.15) is 0 Å². The van der Waals surface area contributed by atoms with E-state index in [4.69, 9.17) is 0 Å². The highest BCUT2D eigenvalue weighted by atomic mass is 16.3. The summed E-state index contributed by atoms with van der Waals surface area (Å²) >= 11 is 0. The number of aliphatic hydroxyl groups is 1. The molecule has 16 heavy (non-hydrogen) atoms. The summed E-state index contributed by atoms with van der Waals surface area (Å²) in [5.74, 6) is 0. The fourth-order valence-electron chi connectivity index (χ4n) is 2.44. The monoisotopic (exact) mass is 219 g/mol. The SMILES string of the molecule is CCC(O)c1ccc(N2CCCC2C)cc1. The van der Waals surface area contributed by atoms with Crippen molar-refractivity contribution in [3.63, 3.8) is 0 Å². The van der Waals surface area contributed by atoms with E-state index in [0.717, 1.165) is 18.5 Å². The van der Waals surface area contributed by atoms with Crippen molar-refractivity contribution >= 4 is 5.69 Å². The molecular weight excluding hydrogens is 198 g/mol. The van der Waals surface area contributed by atoms with Crippen LogP contribution in [0.5, 0.6) is 0 Å². The van der Waals surface area contributed by atoms with E-state index in [1.165, 1.54) is 18.5 Å². The molecule has 0 bridgehead atoms. The van der Waals surface area contributed by atoms with Gasteiger partial charge in [-0.3, -0.25) is 0 Å². The standard InChI is InChI=1S/C14H21NO/c1-3-14(16)12-6-8-13(9-7-12)15-10-4-5-11(15)2/h6-9,11,14,16H,3-5,10H2,1-2H3. The Balaban J connectivity index is 2.12. The van der Waals surface area contributed by atoms with Crippen LogP contribution in [0.3, 0.4) is 0 Å². The molecule has 2 unspecified atom stereocenters. The number of nitrogens with zero attached hydrogens (tertiary/aromatic N) is 1. The molecule has 0 aliphatic carbocycles. The number of benzene rings is 1. The first-order valence-corrected chi connectivity index (χ1v) is 6.27. The molecule has 2 heteroatoms. The third-order valence-electron chi connectivity index (χ3n) is 3.55. The van der Waals surface area contributed by atoms with Crippen molar-refractivity contribution in [2.24, 2.45) is 0 Å². The minimum atomic E-state index is -0.315. The van der Waals surface area contributed by atoms with Gasteiger partial charge in [0.05, 0.1) is 6.10 Å². The fourth-order valence-corrected chi connectivity index (χ4v) is 2.44. The highest BCUT2D eigenvalue weighted by molar-refractivity contribution is 5.49. The third-order valence-corrected chi connectivity index (χ3v) is 3.55. The van der Waals surface area contributed by atoms with Crippen LogP contribution in [0.1, 0.15) is 44.8 Å². The summed E-state index contributed by atoms with van der Waals surface area (Å²) in [6.07, 6.45) is 3.05. The Hall–Kier alpha value is -1.02. The summed E-state index contributed by atoms with van der Waals surface area (Å²) in [4.78, 5) is 2.45. The second kappa shape index (κ2) is 4.88. The largest absolute Gasteiger partial charge is 0.388 e. The van der Waals surface area contributed by atoms with Gasteiger partial charge in [-0.05, 0) is 43.9 Å². The summed E-state index contributed by atoms with van der Waals surface area (Å²) in [5, 5.41) is 9.72. The van der Waals surface area contributed by atoms with Crippen molar-refractivity contribution in [1.29, 1.82) is 0 Å². The van der Waals surface area contributed by atoms with Gasteiger partial charge in [-0.15, -0.1) is 0 Å². The maximum atomic E-state index is 9.72. The van der Waals surface area contributed by atoms with Gasteiger partial charge in [0.2, 0.25) is 0 Å². The fraction of sp³-hybridized carbons (Fsp3) is 0.571. The molecule has 1 fully saturated rings. The Morgan fingerprint density at radius 3 is 2.56 bits per heavy atom. The van der Waals surface area contributed by atoms with Crippen LogP contribution in [0, 0.1) is 0 Å². The van der Waals surface area contributed by atoms with E-state index in [2.05, 4.69) is 36.1 Å². The van der Waals surface area contributed by atoms with E-state index in [1.807, 2.05) is 6.92 Å². The third kappa shape index (κ3) is 2.22. The molecule has 0 radical (unpaired) electrons. The average Bonchev–Trinajstić information content (AvgIpc) is 2.75. The Kier molecular flexibility index (Phi) is 3.49. The summed E-state index contributed by atoms with van der Waals surface area (Å²) in [5.41, 5.74) is 2.31. The lowest BCUT2D eigenvalue weighted by molar-refractivity contribution is 0.173. The van der Waals surface area contributed by atoms with Gasteiger partial charge in [0.15, 0.2) is 0 Å². The van der Waals surface area contributed by atoms with Crippen molar-refractivity contribution in [3.8, 4) is 0 Å². The molecule has 1 aromatic carbocycles. The van der Waals surface area contributed by atoms with Crippen molar-refractivity contribution in [1.82, 2.24) is 0 Å². The number of rotatable bonds is 3. The molecule has 2 rings (SSSR count). The zero-order chi connectivity index (χ0) is 11.5. The summed E-state index contributed by atoms with van der Waals surface area (Å²) in [6, 6.07) is 9.02. The normalized spacial score (nSPS) is 22.4. The smallest absolute Gasteiger partial charge is 0.0787 e. The van der Waals surface area contributed by atoms with Crippen LogP contribution >= 0.6 is 0 Å². The molecule has 2 nitrogen and oxygen atoms in total. The number of hydrogen-bond acceptors (Lipinski definition) is 2. The molecule has 2 atom stereocenters. The molecule has 1 aliphatic rings. The van der Waals surface area contributed by atoms with E-state index < -0.39 is 0 Å². The highest BCUT2D eigenvalue weighted by Gasteiger charge is 2.20. The van der Waals surface area contributed by atoms with E-state index in [1.54, 1.807) is 0 Å². The Morgan fingerprint density at radius 1 is 1.38 bits per heavy atom. The predicted octanol–water partition coefficient (Wildman–Crippen LogP) is 3.12. The number of hydrogen-bond donors (Lipinski definition) is 1. The van der Waals surface area contributed by atoms with E-state index in [0.29, 0.717) is 6.04 Å². The molecular formula is C14H21NO. The van der Waals surface area contributed by atoms with Gasteiger partial charge in [0, 0.05) is 18.3 Å². The lowest BCUT2D eigenvalue weighted by Crippen LogP contribution is -2.26. The van der Waals surface area contributed by atoms with Crippen LogP contribution in [-0.4, -0.2) is 17.7 Å². The topological polar surface area (TPSA) is 23.5 Å². The van der Waals surface area contributed by atoms with Gasteiger partial charge in [0.25, 0.3) is 0 Å². The number of anilines is 1. The Morgan fingerprint density at radius 2 is 2.06 bits per heavy atom. The van der Waals surface area contributed by atoms with Crippen molar-refractivity contribution < 1.29 is 5.11 Å². The zero-order valence-electron chi connectivity index (χ0n) is 10.2. The highest BCUT2D eigenvalue weighted by Crippen LogP contribution is 2.27. The summed E-state index contributed by atoms with van der Waals surface area (Å²) in [7, 11) is 0. The van der Waals surface area contributed by atoms with Gasteiger partial charge in [-0.1, -0.05) is 19.1 Å². The molecule has 0 spiro atoms. The average molecular weight is 219 g/mol. The van der Waals surface area contributed by atoms with Gasteiger partial charge in [-0.2, -0.15) is 0 Å². The van der Waals surface area contributed by atoms with Crippen LogP contribution in [0.25, 0.3) is 0 Å². The lowest BCUT2D eigenvalue weighted by atomic mass is 10.1. The van der Waals surface area contributed by atoms with Crippen LogP contribution in [0.2, 0.25) is 0 Å². The molecule has 0 aromatic heterocycles. The number of aliphatic hydroxyl groups excluding tert-OH is 1. The van der Waals surface area contributed by atoms with Gasteiger partial charge < -0.3 is 10.0 Å². The van der Waals surface area contributed by atoms with E-state index in [9.17, 15) is 5.11 Å². The molecule has 0 saturated carbocycles. The Bertz CT molecular complexity index is 333. The van der Waals surface area contributed by atoms with Crippen LogP contribution in [0.15, 0.2) is 24.3 Å². The van der Waals surface area contributed by atoms with E-state index >= 15 is 0 Å².